The van der Waals surface area contributed by atoms with Crippen molar-refractivity contribution in [2.75, 3.05) is 0 Å². The van der Waals surface area contributed by atoms with Gasteiger partial charge in [-0.3, -0.25) is 4.79 Å². The third-order valence-corrected chi connectivity index (χ3v) is 3.49. The summed E-state index contributed by atoms with van der Waals surface area (Å²) in [6.07, 6.45) is 0. The molecule has 0 aliphatic heterocycles. The highest BCUT2D eigenvalue weighted by atomic mass is 35.5. The molecule has 16 heavy (non-hydrogen) atoms. The van der Waals surface area contributed by atoms with Crippen molar-refractivity contribution >= 4 is 28.7 Å². The lowest BCUT2D eigenvalue weighted by Gasteiger charge is -2.02. The van der Waals surface area contributed by atoms with Crippen LogP contribution in [0.1, 0.15) is 20.8 Å². The molecule has 0 aliphatic rings. The normalized spacial score (nSPS) is 10.4. The van der Waals surface area contributed by atoms with Gasteiger partial charge in [-0.1, -0.05) is 11.6 Å². The van der Waals surface area contributed by atoms with Crippen molar-refractivity contribution in [2.45, 2.75) is 6.92 Å². The molecule has 0 N–H and O–H groups in total. The summed E-state index contributed by atoms with van der Waals surface area (Å²) < 4.78 is 13.5. The Labute approximate surface area is 101 Å². The monoisotopic (exact) mass is 254 g/mol. The average molecular weight is 255 g/mol. The maximum atomic E-state index is 13.5. The van der Waals surface area contributed by atoms with E-state index in [1.165, 1.54) is 29.5 Å². The van der Waals surface area contributed by atoms with Gasteiger partial charge >= 0.3 is 0 Å². The van der Waals surface area contributed by atoms with Crippen LogP contribution in [-0.2, 0) is 0 Å². The largest absolute Gasteiger partial charge is 0.288 e. The fourth-order valence-electron chi connectivity index (χ4n) is 1.40. The molecular formula is C12H8ClFOS. The Balaban J connectivity index is 2.49. The van der Waals surface area contributed by atoms with E-state index in [1.807, 2.05) is 18.4 Å². The highest BCUT2D eigenvalue weighted by molar-refractivity contribution is 7.12. The molecule has 0 spiro atoms. The van der Waals surface area contributed by atoms with E-state index < -0.39 is 5.82 Å². The van der Waals surface area contributed by atoms with Gasteiger partial charge in [-0.2, -0.15) is 0 Å². The summed E-state index contributed by atoms with van der Waals surface area (Å²) >= 11 is 7.05. The number of halogens is 2. The lowest BCUT2D eigenvalue weighted by molar-refractivity contribution is 0.103. The third-order valence-electron chi connectivity index (χ3n) is 2.24. The minimum atomic E-state index is -0.540. The molecule has 1 heterocycles. The first-order valence-electron chi connectivity index (χ1n) is 4.63. The molecule has 0 saturated carbocycles. The molecule has 4 heteroatoms. The molecule has 2 aromatic rings. The van der Waals surface area contributed by atoms with Gasteiger partial charge in [0.1, 0.15) is 5.82 Å². The maximum Gasteiger partial charge on any atom is 0.206 e. The molecule has 0 bridgehead atoms. The molecule has 82 valence electrons. The van der Waals surface area contributed by atoms with E-state index >= 15 is 0 Å². The number of thiophene rings is 1. The van der Waals surface area contributed by atoms with Crippen LogP contribution in [0, 0.1) is 12.7 Å². The number of aryl methyl sites for hydroxylation is 1. The molecule has 2 rings (SSSR count). The first kappa shape index (κ1) is 11.3. The van der Waals surface area contributed by atoms with Gasteiger partial charge in [-0.25, -0.2) is 4.39 Å². The summed E-state index contributed by atoms with van der Waals surface area (Å²) in [6, 6.07) is 5.83. The SMILES string of the molecule is Cc1ccsc1C(=O)c1cc(Cl)ccc1F. The van der Waals surface area contributed by atoms with Gasteiger partial charge in [-0.15, -0.1) is 11.3 Å². The lowest BCUT2D eigenvalue weighted by atomic mass is 10.1. The van der Waals surface area contributed by atoms with E-state index in [4.69, 9.17) is 11.6 Å². The molecule has 0 atom stereocenters. The molecule has 0 fully saturated rings. The van der Waals surface area contributed by atoms with Crippen molar-refractivity contribution in [1.29, 1.82) is 0 Å². The second-order valence-electron chi connectivity index (χ2n) is 3.39. The predicted octanol–water partition coefficient (Wildman–Crippen LogP) is 4.08. The Bertz CT molecular complexity index is 548. The van der Waals surface area contributed by atoms with Crippen molar-refractivity contribution in [2.24, 2.45) is 0 Å². The standard InChI is InChI=1S/C12H8ClFOS/c1-7-4-5-16-12(7)11(15)9-6-8(13)2-3-10(9)14/h2-6H,1H3. The van der Waals surface area contributed by atoms with Crippen LogP contribution >= 0.6 is 22.9 Å². The molecule has 0 aliphatic carbocycles. The van der Waals surface area contributed by atoms with Crippen LogP contribution in [0.3, 0.4) is 0 Å². The quantitative estimate of drug-likeness (QED) is 0.738. The van der Waals surface area contributed by atoms with Crippen molar-refractivity contribution in [3.05, 3.63) is 56.5 Å². The van der Waals surface area contributed by atoms with Gasteiger partial charge in [0, 0.05) is 5.02 Å². The fourth-order valence-corrected chi connectivity index (χ4v) is 2.45. The molecular weight excluding hydrogens is 247 g/mol. The van der Waals surface area contributed by atoms with Crippen LogP contribution in [0.25, 0.3) is 0 Å². The highest BCUT2D eigenvalue weighted by Gasteiger charge is 2.17. The summed E-state index contributed by atoms with van der Waals surface area (Å²) in [7, 11) is 0. The van der Waals surface area contributed by atoms with Crippen LogP contribution in [0.2, 0.25) is 5.02 Å². The molecule has 1 nitrogen and oxygen atoms in total. The zero-order valence-corrected chi connectivity index (χ0v) is 10.0. The van der Waals surface area contributed by atoms with Gasteiger partial charge in [0.05, 0.1) is 10.4 Å². The summed E-state index contributed by atoms with van der Waals surface area (Å²) in [6.45, 7) is 1.83. The highest BCUT2D eigenvalue weighted by Crippen LogP contribution is 2.23. The molecule has 0 saturated heterocycles. The van der Waals surface area contributed by atoms with Crippen LogP contribution in [0.4, 0.5) is 4.39 Å². The fraction of sp³-hybridized carbons (Fsp3) is 0.0833. The van der Waals surface area contributed by atoms with E-state index in [9.17, 15) is 9.18 Å². The minimum absolute atomic E-state index is 0.0260. The van der Waals surface area contributed by atoms with Gasteiger partial charge < -0.3 is 0 Å². The number of carbonyl (C=O) groups excluding carboxylic acids is 1. The molecule has 0 unspecified atom stereocenters. The van der Waals surface area contributed by atoms with Gasteiger partial charge in [0.15, 0.2) is 0 Å². The van der Waals surface area contributed by atoms with Crippen LogP contribution < -0.4 is 0 Å². The Morgan fingerprint density at radius 3 is 2.75 bits per heavy atom. The molecule has 1 aromatic heterocycles. The van der Waals surface area contributed by atoms with Crippen molar-refractivity contribution < 1.29 is 9.18 Å². The van der Waals surface area contributed by atoms with Crippen molar-refractivity contribution in [3.8, 4) is 0 Å². The number of benzene rings is 1. The topological polar surface area (TPSA) is 17.1 Å². The first-order chi connectivity index (χ1) is 7.59. The zero-order valence-electron chi connectivity index (χ0n) is 8.46. The van der Waals surface area contributed by atoms with Crippen molar-refractivity contribution in [3.63, 3.8) is 0 Å². The van der Waals surface area contributed by atoms with Crippen molar-refractivity contribution in [1.82, 2.24) is 0 Å². The Kier molecular flexibility index (Phi) is 3.08. The molecule has 1 aromatic carbocycles. The smallest absolute Gasteiger partial charge is 0.206 e. The van der Waals surface area contributed by atoms with E-state index in [0.29, 0.717) is 9.90 Å². The zero-order chi connectivity index (χ0) is 11.7. The van der Waals surface area contributed by atoms with E-state index in [0.717, 1.165) is 5.56 Å². The summed E-state index contributed by atoms with van der Waals surface area (Å²) in [4.78, 5) is 12.6. The minimum Gasteiger partial charge on any atom is -0.288 e. The number of carbonyl (C=O) groups is 1. The first-order valence-corrected chi connectivity index (χ1v) is 5.89. The Morgan fingerprint density at radius 2 is 2.12 bits per heavy atom. The number of rotatable bonds is 2. The van der Waals surface area contributed by atoms with Gasteiger partial charge in [0.25, 0.3) is 0 Å². The second-order valence-corrected chi connectivity index (χ2v) is 4.74. The number of ketones is 1. The number of hydrogen-bond acceptors (Lipinski definition) is 2. The van der Waals surface area contributed by atoms with E-state index in [2.05, 4.69) is 0 Å². The predicted molar refractivity (Wildman–Crippen MR) is 63.9 cm³/mol. The molecule has 0 amide bonds. The Hall–Kier alpha value is -1.19. The molecule has 0 radical (unpaired) electrons. The third kappa shape index (κ3) is 2.01. The lowest BCUT2D eigenvalue weighted by Crippen LogP contribution is -2.03. The van der Waals surface area contributed by atoms with Crippen LogP contribution in [-0.4, -0.2) is 5.78 Å². The van der Waals surface area contributed by atoms with Gasteiger partial charge in [0.2, 0.25) is 5.78 Å². The van der Waals surface area contributed by atoms with Gasteiger partial charge in [-0.05, 0) is 42.1 Å². The maximum absolute atomic E-state index is 13.5. The van der Waals surface area contributed by atoms with Crippen LogP contribution in [0.15, 0.2) is 29.6 Å². The summed E-state index contributed by atoms with van der Waals surface area (Å²) in [5.74, 6) is -0.852. The van der Waals surface area contributed by atoms with E-state index in [-0.39, 0.29) is 11.3 Å². The van der Waals surface area contributed by atoms with E-state index in [1.54, 1.807) is 0 Å². The summed E-state index contributed by atoms with van der Waals surface area (Å²) in [5.41, 5.74) is 0.882. The summed E-state index contributed by atoms with van der Waals surface area (Å²) in [5, 5.41) is 2.17. The number of hydrogen-bond donors (Lipinski definition) is 0. The van der Waals surface area contributed by atoms with Crippen LogP contribution in [0.5, 0.6) is 0 Å². The second kappa shape index (κ2) is 4.36. The average Bonchev–Trinajstić information content (AvgIpc) is 2.67. The Morgan fingerprint density at radius 1 is 1.38 bits per heavy atom.